The fourth-order valence-corrected chi connectivity index (χ4v) is 3.67. The molecule has 1 aromatic heterocycles. The van der Waals surface area contributed by atoms with Crippen LogP contribution in [0.25, 0.3) is 0 Å². The number of sulfonamides is 1. The summed E-state index contributed by atoms with van der Waals surface area (Å²) in [6, 6.07) is 6.06. The average molecular weight is 394 g/mol. The number of nitrogens with zero attached hydrogens (tertiary/aromatic N) is 1. The molecule has 1 unspecified atom stereocenters. The molecule has 1 atom stereocenters. The Morgan fingerprint density at radius 1 is 1.19 bits per heavy atom. The van der Waals surface area contributed by atoms with E-state index in [1.165, 1.54) is 12.1 Å². The third-order valence-corrected chi connectivity index (χ3v) is 5.93. The van der Waals surface area contributed by atoms with Crippen LogP contribution < -0.4 is 10.0 Å². The van der Waals surface area contributed by atoms with Crippen molar-refractivity contribution >= 4 is 27.5 Å². The largest absolute Gasteiger partial charge is 0.337 e. The first kappa shape index (κ1) is 21.0. The van der Waals surface area contributed by atoms with Crippen molar-refractivity contribution in [2.75, 3.05) is 10.0 Å². The number of aryl methyl sites for hydroxylation is 1. The quantitative estimate of drug-likeness (QED) is 0.663. The predicted octanol–water partition coefficient (Wildman–Crippen LogP) is 4.25. The van der Waals surface area contributed by atoms with Gasteiger partial charge in [0.1, 0.15) is 0 Å². The number of unbranched alkanes of at least 4 members (excludes halogenated alkanes) is 1. The second-order valence-corrected chi connectivity index (χ2v) is 8.27. The van der Waals surface area contributed by atoms with Crippen molar-refractivity contribution in [3.63, 3.8) is 0 Å². The molecule has 2 N–H and O–H groups in total. The summed E-state index contributed by atoms with van der Waals surface area (Å²) >= 11 is 0. The van der Waals surface area contributed by atoms with Crippen LogP contribution in [0.1, 0.15) is 50.8 Å². The Labute approximate surface area is 160 Å². The van der Waals surface area contributed by atoms with E-state index in [2.05, 4.69) is 22.1 Å². The maximum atomic E-state index is 12.5. The van der Waals surface area contributed by atoms with Crippen LogP contribution in [0.3, 0.4) is 0 Å². The molecule has 7 nitrogen and oxygen atoms in total. The van der Waals surface area contributed by atoms with E-state index >= 15 is 0 Å². The van der Waals surface area contributed by atoms with E-state index in [1.807, 2.05) is 6.92 Å². The molecule has 0 bridgehead atoms. The Hall–Kier alpha value is -2.35. The molecule has 0 aliphatic carbocycles. The molecule has 0 spiro atoms. The minimum Gasteiger partial charge on any atom is -0.337 e. The van der Waals surface area contributed by atoms with Crippen molar-refractivity contribution in [1.29, 1.82) is 0 Å². The topological polar surface area (TPSA) is 101 Å². The van der Waals surface area contributed by atoms with Crippen molar-refractivity contribution in [3.8, 4) is 0 Å². The summed E-state index contributed by atoms with van der Waals surface area (Å²) in [6.07, 6.45) is 3.69. The van der Waals surface area contributed by atoms with Gasteiger partial charge in [-0.1, -0.05) is 31.8 Å². The average Bonchev–Trinajstić information content (AvgIpc) is 2.94. The first-order valence-electron chi connectivity index (χ1n) is 9.15. The normalized spacial score (nSPS) is 12.6. The molecule has 0 aliphatic rings. The second-order valence-electron chi connectivity index (χ2n) is 6.59. The summed E-state index contributed by atoms with van der Waals surface area (Å²) in [7, 11) is -3.80. The SMILES string of the molecule is CCCCC(CC)C(=O)Nc1ccc(S(=O)(=O)Nc2onc(C)c2C)cc1. The Morgan fingerprint density at radius 2 is 1.85 bits per heavy atom. The van der Waals surface area contributed by atoms with Gasteiger partial charge in [-0.05, 0) is 51.0 Å². The summed E-state index contributed by atoms with van der Waals surface area (Å²) in [6.45, 7) is 7.55. The highest BCUT2D eigenvalue weighted by atomic mass is 32.2. The van der Waals surface area contributed by atoms with Crippen LogP contribution in [0, 0.1) is 19.8 Å². The molecule has 0 saturated heterocycles. The maximum Gasteiger partial charge on any atom is 0.264 e. The molecular formula is C19H27N3O4S. The summed E-state index contributed by atoms with van der Waals surface area (Å²) in [5, 5.41) is 6.60. The Kier molecular flexibility index (Phi) is 7.01. The molecule has 2 aromatic rings. The predicted molar refractivity (Wildman–Crippen MR) is 105 cm³/mol. The first-order chi connectivity index (χ1) is 12.8. The number of aromatic nitrogens is 1. The summed E-state index contributed by atoms with van der Waals surface area (Å²) in [4.78, 5) is 12.4. The third kappa shape index (κ3) is 5.32. The molecule has 8 heteroatoms. The molecule has 1 amide bonds. The van der Waals surface area contributed by atoms with E-state index in [-0.39, 0.29) is 22.6 Å². The van der Waals surface area contributed by atoms with Crippen LogP contribution in [0.4, 0.5) is 11.6 Å². The Balaban J connectivity index is 2.07. The van der Waals surface area contributed by atoms with Gasteiger partial charge in [-0.2, -0.15) is 0 Å². The molecule has 2 rings (SSSR count). The van der Waals surface area contributed by atoms with Crippen molar-refractivity contribution in [2.45, 2.75) is 58.3 Å². The van der Waals surface area contributed by atoms with Gasteiger partial charge < -0.3 is 9.84 Å². The van der Waals surface area contributed by atoms with E-state index in [1.54, 1.807) is 26.0 Å². The minimum absolute atomic E-state index is 0.0345. The van der Waals surface area contributed by atoms with Crippen LogP contribution >= 0.6 is 0 Å². The molecule has 0 aliphatic heterocycles. The fraction of sp³-hybridized carbons (Fsp3) is 0.474. The van der Waals surface area contributed by atoms with Crippen LogP contribution in [-0.4, -0.2) is 19.5 Å². The highest BCUT2D eigenvalue weighted by Gasteiger charge is 2.20. The molecule has 27 heavy (non-hydrogen) atoms. The van der Waals surface area contributed by atoms with Crippen LogP contribution in [0.2, 0.25) is 0 Å². The molecular weight excluding hydrogens is 366 g/mol. The van der Waals surface area contributed by atoms with E-state index in [0.29, 0.717) is 16.9 Å². The smallest absolute Gasteiger partial charge is 0.264 e. The lowest BCUT2D eigenvalue weighted by molar-refractivity contribution is -0.120. The molecule has 0 saturated carbocycles. The van der Waals surface area contributed by atoms with E-state index < -0.39 is 10.0 Å². The van der Waals surface area contributed by atoms with Gasteiger partial charge in [0.05, 0.1) is 10.6 Å². The molecule has 148 valence electrons. The van der Waals surface area contributed by atoms with Crippen molar-refractivity contribution < 1.29 is 17.7 Å². The van der Waals surface area contributed by atoms with E-state index in [9.17, 15) is 13.2 Å². The van der Waals surface area contributed by atoms with Gasteiger partial charge in [-0.15, -0.1) is 0 Å². The van der Waals surface area contributed by atoms with Gasteiger partial charge in [0.2, 0.25) is 11.8 Å². The Bertz CT molecular complexity index is 873. The summed E-state index contributed by atoms with van der Waals surface area (Å²) < 4.78 is 32.4. The monoisotopic (exact) mass is 393 g/mol. The van der Waals surface area contributed by atoms with E-state index in [0.717, 1.165) is 25.7 Å². The molecule has 0 fully saturated rings. The van der Waals surface area contributed by atoms with Gasteiger partial charge in [-0.3, -0.25) is 4.79 Å². The Morgan fingerprint density at radius 3 is 2.37 bits per heavy atom. The molecule has 1 heterocycles. The lowest BCUT2D eigenvalue weighted by Crippen LogP contribution is -2.22. The van der Waals surface area contributed by atoms with Crippen molar-refractivity contribution in [1.82, 2.24) is 5.16 Å². The maximum absolute atomic E-state index is 12.5. The standard InChI is InChI=1S/C19H27N3O4S/c1-5-7-8-15(6-2)18(23)20-16-9-11-17(12-10-16)27(24,25)22-19-13(3)14(4)21-26-19/h9-12,15,22H,5-8H2,1-4H3,(H,20,23). The number of carbonyl (C=O) groups excluding carboxylic acids is 1. The van der Waals surface area contributed by atoms with Gasteiger partial charge in [0.25, 0.3) is 10.0 Å². The third-order valence-electron chi connectivity index (χ3n) is 4.59. The lowest BCUT2D eigenvalue weighted by atomic mass is 9.98. The van der Waals surface area contributed by atoms with Crippen LogP contribution in [0.15, 0.2) is 33.7 Å². The summed E-state index contributed by atoms with van der Waals surface area (Å²) in [5.74, 6) is 0.0340. The molecule has 0 radical (unpaired) electrons. The zero-order valence-electron chi connectivity index (χ0n) is 16.2. The first-order valence-corrected chi connectivity index (χ1v) is 10.6. The molecule has 1 aromatic carbocycles. The number of amides is 1. The highest BCUT2D eigenvalue weighted by Crippen LogP contribution is 2.23. The number of anilines is 2. The van der Waals surface area contributed by atoms with Gasteiger partial charge in [0.15, 0.2) is 0 Å². The number of rotatable bonds is 9. The lowest BCUT2D eigenvalue weighted by Gasteiger charge is -2.15. The second kappa shape index (κ2) is 9.03. The number of hydrogen-bond donors (Lipinski definition) is 2. The van der Waals surface area contributed by atoms with Gasteiger partial charge >= 0.3 is 0 Å². The highest BCUT2D eigenvalue weighted by molar-refractivity contribution is 7.92. The minimum atomic E-state index is -3.80. The van der Waals surface area contributed by atoms with Crippen LogP contribution in [0.5, 0.6) is 0 Å². The summed E-state index contributed by atoms with van der Waals surface area (Å²) in [5.41, 5.74) is 1.83. The number of hydrogen-bond acceptors (Lipinski definition) is 5. The zero-order chi connectivity index (χ0) is 20.0. The number of carbonyl (C=O) groups is 1. The van der Waals surface area contributed by atoms with Crippen molar-refractivity contribution in [2.24, 2.45) is 5.92 Å². The van der Waals surface area contributed by atoms with Gasteiger partial charge in [0, 0.05) is 17.2 Å². The van der Waals surface area contributed by atoms with Crippen molar-refractivity contribution in [3.05, 3.63) is 35.5 Å². The van der Waals surface area contributed by atoms with Crippen LogP contribution in [-0.2, 0) is 14.8 Å². The zero-order valence-corrected chi connectivity index (χ0v) is 17.0. The fourth-order valence-electron chi connectivity index (χ4n) is 2.62. The van der Waals surface area contributed by atoms with Gasteiger partial charge in [-0.25, -0.2) is 13.1 Å². The number of nitrogens with one attached hydrogen (secondary N) is 2. The number of benzene rings is 1. The van der Waals surface area contributed by atoms with E-state index in [4.69, 9.17) is 4.52 Å².